The summed E-state index contributed by atoms with van der Waals surface area (Å²) in [6.07, 6.45) is -2.45. The number of hydrogen-bond donors (Lipinski definition) is 0. The van der Waals surface area contributed by atoms with Gasteiger partial charge in [-0.15, -0.1) is 11.3 Å². The summed E-state index contributed by atoms with van der Waals surface area (Å²) in [4.78, 5) is 3.50. The van der Waals surface area contributed by atoms with Gasteiger partial charge in [-0.25, -0.2) is 13.8 Å². The Morgan fingerprint density at radius 2 is 2.33 bits per heavy atom. The van der Waals surface area contributed by atoms with E-state index >= 15 is 0 Å². The smallest absolute Gasteiger partial charge is 0.228 e. The molecule has 1 heterocycles. The Labute approximate surface area is 62.9 Å². The largest absolute Gasteiger partial charge is 0.281 e. The van der Waals surface area contributed by atoms with Crippen LogP contribution < -0.4 is 0 Å². The molecule has 0 aromatic carbocycles. The topological polar surface area (TPSA) is 12.9 Å². The Morgan fingerprint density at radius 3 is 2.56 bits per heavy atom. The lowest BCUT2D eigenvalue weighted by molar-refractivity contribution is 0.146. The molecule has 1 aromatic rings. The SMILES string of the molecule is FC(F)c1csc(Br)n1. The van der Waals surface area contributed by atoms with Gasteiger partial charge in [-0.05, 0) is 15.9 Å². The van der Waals surface area contributed by atoms with Gasteiger partial charge in [0.2, 0.25) is 0 Å². The lowest BCUT2D eigenvalue weighted by Crippen LogP contribution is -1.80. The van der Waals surface area contributed by atoms with Crippen LogP contribution in [0.5, 0.6) is 0 Å². The molecule has 50 valence electrons. The normalized spacial score (nSPS) is 10.7. The fourth-order valence-electron chi connectivity index (χ4n) is 0.363. The van der Waals surface area contributed by atoms with E-state index in [1.165, 1.54) is 5.38 Å². The molecular formula is C4H2BrF2NS. The fourth-order valence-corrected chi connectivity index (χ4v) is 1.38. The molecule has 0 saturated carbocycles. The van der Waals surface area contributed by atoms with E-state index in [-0.39, 0.29) is 5.69 Å². The number of rotatable bonds is 1. The number of nitrogens with zero attached hydrogens (tertiary/aromatic N) is 1. The van der Waals surface area contributed by atoms with E-state index in [9.17, 15) is 8.78 Å². The summed E-state index contributed by atoms with van der Waals surface area (Å²) in [5.74, 6) is 0. The van der Waals surface area contributed by atoms with Crippen molar-refractivity contribution < 1.29 is 8.78 Å². The van der Waals surface area contributed by atoms with Crippen LogP contribution in [0.2, 0.25) is 0 Å². The lowest BCUT2D eigenvalue weighted by Gasteiger charge is -1.86. The summed E-state index contributed by atoms with van der Waals surface area (Å²) >= 11 is 4.13. The number of halogens is 3. The maximum absolute atomic E-state index is 11.7. The van der Waals surface area contributed by atoms with Crippen molar-refractivity contribution in [3.05, 3.63) is 15.0 Å². The van der Waals surface area contributed by atoms with E-state index in [0.717, 1.165) is 11.3 Å². The van der Waals surface area contributed by atoms with Crippen molar-refractivity contribution in [1.82, 2.24) is 4.98 Å². The molecule has 0 atom stereocenters. The third kappa shape index (κ3) is 1.69. The molecule has 0 amide bonds. The van der Waals surface area contributed by atoms with Gasteiger partial charge in [-0.3, -0.25) is 0 Å². The van der Waals surface area contributed by atoms with Gasteiger partial charge in [0.1, 0.15) is 5.69 Å². The van der Waals surface area contributed by atoms with Crippen LogP contribution in [0.3, 0.4) is 0 Å². The number of thiazole rings is 1. The van der Waals surface area contributed by atoms with Gasteiger partial charge in [0.05, 0.1) is 0 Å². The number of alkyl halides is 2. The average Bonchev–Trinajstić information content (AvgIpc) is 2.14. The number of hydrogen-bond acceptors (Lipinski definition) is 2. The van der Waals surface area contributed by atoms with Crippen LogP contribution in [-0.4, -0.2) is 4.98 Å². The van der Waals surface area contributed by atoms with E-state index in [2.05, 4.69) is 20.9 Å². The first-order valence-corrected chi connectivity index (χ1v) is 3.76. The monoisotopic (exact) mass is 213 g/mol. The molecule has 5 heteroatoms. The Kier molecular flexibility index (Phi) is 2.13. The molecule has 0 bridgehead atoms. The molecule has 0 aliphatic carbocycles. The van der Waals surface area contributed by atoms with Gasteiger partial charge in [0.15, 0.2) is 3.92 Å². The van der Waals surface area contributed by atoms with Crippen molar-refractivity contribution in [3.8, 4) is 0 Å². The summed E-state index contributed by atoms with van der Waals surface area (Å²) in [7, 11) is 0. The van der Waals surface area contributed by atoms with Crippen molar-refractivity contribution in [1.29, 1.82) is 0 Å². The zero-order valence-electron chi connectivity index (χ0n) is 4.14. The van der Waals surface area contributed by atoms with Gasteiger partial charge >= 0.3 is 0 Å². The minimum absolute atomic E-state index is 0.160. The van der Waals surface area contributed by atoms with Crippen molar-refractivity contribution >= 4 is 27.3 Å². The van der Waals surface area contributed by atoms with E-state index in [0.29, 0.717) is 3.92 Å². The molecule has 0 fully saturated rings. The predicted molar refractivity (Wildman–Crippen MR) is 34.8 cm³/mol. The maximum atomic E-state index is 11.7. The van der Waals surface area contributed by atoms with Crippen molar-refractivity contribution in [2.45, 2.75) is 6.43 Å². The highest BCUT2D eigenvalue weighted by Crippen LogP contribution is 2.23. The van der Waals surface area contributed by atoms with E-state index in [4.69, 9.17) is 0 Å². The van der Waals surface area contributed by atoms with Crippen LogP contribution in [0.25, 0.3) is 0 Å². The second-order valence-corrected chi connectivity index (χ2v) is 3.46. The minimum Gasteiger partial charge on any atom is -0.228 e. The fraction of sp³-hybridized carbons (Fsp3) is 0.250. The Bertz CT molecular complexity index is 200. The lowest BCUT2D eigenvalue weighted by atomic mass is 10.5. The molecule has 1 rings (SSSR count). The molecular weight excluding hydrogens is 212 g/mol. The van der Waals surface area contributed by atoms with Crippen LogP contribution in [0.1, 0.15) is 12.1 Å². The summed E-state index contributed by atoms with van der Waals surface area (Å²) < 4.78 is 23.9. The first kappa shape index (κ1) is 7.08. The van der Waals surface area contributed by atoms with Gasteiger partial charge in [0, 0.05) is 5.38 Å². The summed E-state index contributed by atoms with van der Waals surface area (Å²) in [6, 6.07) is 0. The van der Waals surface area contributed by atoms with Crippen LogP contribution in [0, 0.1) is 0 Å². The summed E-state index contributed by atoms with van der Waals surface area (Å²) in [6.45, 7) is 0. The van der Waals surface area contributed by atoms with Crippen LogP contribution in [-0.2, 0) is 0 Å². The molecule has 9 heavy (non-hydrogen) atoms. The molecule has 1 aromatic heterocycles. The van der Waals surface area contributed by atoms with Crippen molar-refractivity contribution in [2.75, 3.05) is 0 Å². The van der Waals surface area contributed by atoms with Gasteiger partial charge in [-0.2, -0.15) is 0 Å². The summed E-state index contributed by atoms with van der Waals surface area (Å²) in [5.41, 5.74) is -0.160. The Balaban J connectivity index is 2.85. The molecule has 0 aliphatic heterocycles. The van der Waals surface area contributed by atoms with Gasteiger partial charge in [0.25, 0.3) is 6.43 Å². The molecule has 0 radical (unpaired) electrons. The molecule has 0 spiro atoms. The van der Waals surface area contributed by atoms with E-state index in [1.807, 2.05) is 0 Å². The molecule has 0 aliphatic rings. The second kappa shape index (κ2) is 2.70. The van der Waals surface area contributed by atoms with Crippen molar-refractivity contribution in [3.63, 3.8) is 0 Å². The Morgan fingerprint density at radius 1 is 1.67 bits per heavy atom. The standard InChI is InChI=1S/C4H2BrF2NS/c5-4-8-2(1-9-4)3(6)7/h1,3H. The highest BCUT2D eigenvalue weighted by Gasteiger charge is 2.09. The molecule has 0 saturated heterocycles. The van der Waals surface area contributed by atoms with Crippen LogP contribution in [0.15, 0.2) is 9.30 Å². The van der Waals surface area contributed by atoms with Crippen LogP contribution >= 0.6 is 27.3 Å². The molecule has 0 N–H and O–H groups in total. The third-order valence-electron chi connectivity index (χ3n) is 0.717. The minimum atomic E-state index is -2.45. The first-order chi connectivity index (χ1) is 4.20. The second-order valence-electron chi connectivity index (χ2n) is 1.33. The van der Waals surface area contributed by atoms with Crippen LogP contribution in [0.4, 0.5) is 8.78 Å². The zero-order valence-corrected chi connectivity index (χ0v) is 6.55. The third-order valence-corrected chi connectivity index (χ3v) is 2.10. The highest BCUT2D eigenvalue weighted by molar-refractivity contribution is 9.11. The average molecular weight is 214 g/mol. The van der Waals surface area contributed by atoms with Crippen molar-refractivity contribution in [2.24, 2.45) is 0 Å². The number of aromatic nitrogens is 1. The molecule has 0 unspecified atom stereocenters. The van der Waals surface area contributed by atoms with E-state index in [1.54, 1.807) is 0 Å². The summed E-state index contributed by atoms with van der Waals surface area (Å²) in [5, 5.41) is 1.33. The first-order valence-electron chi connectivity index (χ1n) is 2.09. The maximum Gasteiger partial charge on any atom is 0.281 e. The predicted octanol–water partition coefficient (Wildman–Crippen LogP) is 2.84. The van der Waals surface area contributed by atoms with E-state index < -0.39 is 6.43 Å². The van der Waals surface area contributed by atoms with Gasteiger partial charge < -0.3 is 0 Å². The quantitative estimate of drug-likeness (QED) is 0.700. The highest BCUT2D eigenvalue weighted by atomic mass is 79.9. The zero-order chi connectivity index (χ0) is 6.85. The Hall–Kier alpha value is -0.0300. The molecule has 1 nitrogen and oxygen atoms in total. The van der Waals surface area contributed by atoms with Gasteiger partial charge in [-0.1, -0.05) is 0 Å².